The first-order valence-corrected chi connectivity index (χ1v) is 67.2. The number of hydrogen-bond acceptors (Lipinski definition) is 6. The maximum absolute atomic E-state index is 3.07. The summed E-state index contributed by atoms with van der Waals surface area (Å²) >= 11 is -0.228. The van der Waals surface area contributed by atoms with Gasteiger partial charge in [-0.25, -0.2) is 0 Å². The molecule has 0 aliphatic rings. The molecule has 0 atom stereocenters. The fourth-order valence-corrected chi connectivity index (χ4v) is 73.3. The Balaban J connectivity index is -0.0000000815. The summed E-state index contributed by atoms with van der Waals surface area (Å²) in [6.07, 6.45) is 17.5. The molecule has 22 heteroatoms. The molecule has 0 heterocycles. The van der Waals surface area contributed by atoms with Crippen LogP contribution in [0.15, 0.2) is 0 Å². The van der Waals surface area contributed by atoms with Crippen LogP contribution in [0.4, 0.5) is 0 Å². The molecule has 0 amide bonds. The predicted octanol–water partition coefficient (Wildman–Crippen LogP) is 17.4. The van der Waals surface area contributed by atoms with Gasteiger partial charge in [0.25, 0.3) is 0 Å². The van der Waals surface area contributed by atoms with Gasteiger partial charge in [-0.3, -0.25) is 0 Å². The third-order valence-electron chi connectivity index (χ3n) is 11.8. The number of hydrogen-bond donors (Lipinski definition) is 0. The van der Waals surface area contributed by atoms with Crippen molar-refractivity contribution in [2.45, 2.75) is 240 Å². The molecule has 0 aromatic rings. The average Bonchev–Trinajstić information content (AvgIpc) is 3.12. The molecule has 0 aromatic carbocycles. The molecule has 0 spiro atoms. The van der Waals surface area contributed by atoms with Crippen LogP contribution >= 0.6 is 31.7 Å². The number of rotatable bonds is 24. The maximum atomic E-state index is 3.07. The second kappa shape index (κ2) is 48.9. The third-order valence-corrected chi connectivity index (χ3v) is 90.2. The summed E-state index contributed by atoms with van der Waals surface area (Å²) in [5.41, 5.74) is 0. The molecule has 0 rings (SSSR count). The summed E-state index contributed by atoms with van der Waals surface area (Å²) in [6.45, 7) is 88.7. The summed E-state index contributed by atoms with van der Waals surface area (Å²) in [5.74, 6) is 0. The summed E-state index contributed by atoms with van der Waals surface area (Å²) < 4.78 is 12.3. The second-order valence-corrected chi connectivity index (χ2v) is 92.8. The van der Waals surface area contributed by atoms with E-state index in [-0.39, 0.29) is 131 Å². The van der Waals surface area contributed by atoms with Gasteiger partial charge in [-0.05, 0) is 115 Å². The zero-order chi connectivity index (χ0) is 54.5. The van der Waals surface area contributed by atoms with E-state index in [1.807, 2.05) is 0 Å². The summed E-state index contributed by atoms with van der Waals surface area (Å²) in [6, 6.07) is 0. The van der Waals surface area contributed by atoms with Crippen LogP contribution in [0, 0.1) is 0 Å². The van der Waals surface area contributed by atoms with Crippen LogP contribution in [-0.4, -0.2) is 184 Å². The van der Waals surface area contributed by atoms with Crippen molar-refractivity contribution in [1.82, 2.24) is 12.8 Å². The van der Waals surface area contributed by atoms with Crippen molar-refractivity contribution < 1.29 is 40.8 Å². The normalized spacial score (nSPS) is 12.5. The molecule has 436 valence electrons. The Kier molecular flexibility index (Phi) is 68.8. The van der Waals surface area contributed by atoms with Gasteiger partial charge in [-0.1, -0.05) is 0 Å². The molecule has 0 fully saturated rings. The molecule has 70 heavy (non-hydrogen) atoms. The summed E-state index contributed by atoms with van der Waals surface area (Å²) in [4.78, 5) is 0. The molecule has 4 radical (unpaired) electrons. The molecule has 0 aliphatic heterocycles. The molecule has 0 aliphatic carbocycles. The molecular weight excluding hydrogens is 1400 g/mol. The molecule has 0 N–H and O–H groups in total. The van der Waals surface area contributed by atoms with Crippen LogP contribution < -0.4 is 0 Å². The maximum Gasteiger partial charge on any atom is 2.00 e. The molecule has 0 bridgehead atoms. The minimum atomic E-state index is -1.19. The summed E-state index contributed by atoms with van der Waals surface area (Å²) in [5, 5.41) is 0. The van der Waals surface area contributed by atoms with E-state index in [0.717, 1.165) is 0 Å². The Hall–Kier alpha value is 6.41. The third kappa shape index (κ3) is 53.7. The predicted molar refractivity (Wildman–Crippen MR) is 383 cm³/mol. The molecule has 0 unspecified atom stereocenters. The largest absolute Gasteiger partial charge is 2.00 e. The minimum absolute atomic E-state index is 0. The van der Waals surface area contributed by atoms with Crippen molar-refractivity contribution in [1.29, 1.82) is 0 Å². The Labute approximate surface area is 518 Å². The second-order valence-electron chi connectivity index (χ2n) is 26.2. The smallest absolute Gasteiger partial charge is 0.813 e. The van der Waals surface area contributed by atoms with Crippen molar-refractivity contribution in [3.63, 3.8) is 0 Å². The monoisotopic (exact) mass is 1540 g/mol. The van der Waals surface area contributed by atoms with E-state index in [1.54, 1.807) is 0 Å². The average molecular weight is 1540 g/mol. The van der Waals surface area contributed by atoms with E-state index in [2.05, 4.69) is 253 Å². The van der Waals surface area contributed by atoms with Gasteiger partial charge in [0.1, 0.15) is 0 Å². The fraction of sp³-hybridized carbons (Fsp3) is 1.00. The number of thiol groups is 2. The van der Waals surface area contributed by atoms with Crippen molar-refractivity contribution in [3.05, 3.63) is 0 Å². The Bertz CT molecular complexity index is 880. The van der Waals surface area contributed by atoms with E-state index in [0.29, 0.717) is 0 Å². The van der Waals surface area contributed by atoms with Crippen LogP contribution in [0.1, 0.15) is 83.1 Å². The van der Waals surface area contributed by atoms with Crippen LogP contribution in [0.25, 0.3) is 0 Å². The number of nitrogens with zero attached hydrogens (tertiary/aromatic N) is 4. The van der Waals surface area contributed by atoms with Crippen molar-refractivity contribution in [2.24, 2.45) is 0 Å². The Morgan fingerprint density at radius 3 is 0.314 bits per heavy atom. The quantitative estimate of drug-likeness (QED) is 0.0410. The van der Waals surface area contributed by atoms with Gasteiger partial charge in [0.15, 0.2) is 0 Å². The van der Waals surface area contributed by atoms with Crippen molar-refractivity contribution in [3.8, 4) is 0 Å². The van der Waals surface area contributed by atoms with Crippen molar-refractivity contribution in [2.75, 3.05) is 73.9 Å². The molecule has 0 aromatic heterocycles. The van der Waals surface area contributed by atoms with Crippen LogP contribution in [0.5, 0.6) is 0 Å². The van der Waals surface area contributed by atoms with Gasteiger partial charge < -0.3 is 27.0 Å². The van der Waals surface area contributed by atoms with E-state index in [4.69, 9.17) is 0 Å². The van der Waals surface area contributed by atoms with E-state index < -0.39 is 65.9 Å². The SMILES string of the molecule is CC[PH+](CC)CC.CC[PH+](CC)CC.CC[PH+](CC)CC.CC[PH+](CC)CC.C[Si](C)(C)[N]([Ge][N]([Si](C)(C)C)[Si](C)(C)C)[Si](C)(C)C.C[Si](C)(C)[N]([Ge][N]([Si](C)(C)C)[Si](C)(C)C)[Si](C)(C)C.[Pd+2].[Pd+2].[SH-].[SH-]. The molecule has 0 saturated heterocycles. The van der Waals surface area contributed by atoms with Gasteiger partial charge in [-0.2, -0.15) is 0 Å². The molecule has 4 nitrogen and oxygen atoms in total. The van der Waals surface area contributed by atoms with Gasteiger partial charge >= 0.3 is 308 Å². The zero-order valence-corrected chi connectivity index (χ0v) is 75.9. The fourth-order valence-electron chi connectivity index (χ4n) is 8.42. The first-order valence-electron chi connectivity index (χ1n) is 27.4. The first-order chi connectivity index (χ1) is 29.3. The Morgan fingerprint density at radius 2 is 0.286 bits per heavy atom. The van der Waals surface area contributed by atoms with Crippen molar-refractivity contribution >= 4 is 156 Å². The minimum Gasteiger partial charge on any atom is -0.813 e. The first kappa shape index (κ1) is 98.5. The Morgan fingerprint density at radius 1 is 0.214 bits per heavy atom. The van der Waals surface area contributed by atoms with Gasteiger partial charge in [0.2, 0.25) is 0 Å². The van der Waals surface area contributed by atoms with E-state index >= 15 is 0 Å². The standard InChI is InChI=1S/2C12H36GeN2Si4.4C6H15P.2Pd.2H2S/c2*1-16(2,3)14(17(4,5)6)13-15(18(7,8)9)19(10,11)12;4*1-4-7(5-2)6-3;;;;/h2*1-12H3;4*4-6H2,1-3H3;;;2*1H2/q;;;;;;2*+2;;/p+2. The van der Waals surface area contributed by atoms with Crippen LogP contribution in [0.2, 0.25) is 157 Å². The van der Waals surface area contributed by atoms with E-state index in [1.165, 1.54) is 73.9 Å². The zero-order valence-electron chi connectivity index (χ0n) is 54.8. The summed E-state index contributed by atoms with van der Waals surface area (Å²) in [7, 11) is -8.96. The molecular formula is C48H138Ge2N4P4Pd2S2Si8+6. The van der Waals surface area contributed by atoms with Crippen LogP contribution in [-0.2, 0) is 67.8 Å². The molecule has 0 saturated carbocycles. The van der Waals surface area contributed by atoms with Gasteiger partial charge in [-0.15, -0.1) is 0 Å². The van der Waals surface area contributed by atoms with E-state index in [9.17, 15) is 0 Å². The van der Waals surface area contributed by atoms with Gasteiger partial charge in [0.05, 0.1) is 73.9 Å². The topological polar surface area (TPSA) is 13.0 Å². The van der Waals surface area contributed by atoms with Gasteiger partial charge in [0, 0.05) is 0 Å². The van der Waals surface area contributed by atoms with Crippen LogP contribution in [0.3, 0.4) is 0 Å².